The Morgan fingerprint density at radius 3 is 2.64 bits per heavy atom. The lowest BCUT2D eigenvalue weighted by atomic mass is 9.97. The van der Waals surface area contributed by atoms with Crippen molar-refractivity contribution in [3.05, 3.63) is 35.9 Å². The van der Waals surface area contributed by atoms with Gasteiger partial charge in [-0.15, -0.1) is 0 Å². The third-order valence-electron chi connectivity index (χ3n) is 4.81. The molecule has 1 aliphatic heterocycles. The number of benzene rings is 1. The molecule has 4 amide bonds. The molecule has 154 valence electrons. The average Bonchev–Trinajstić information content (AvgIpc) is 2.72. The van der Waals surface area contributed by atoms with E-state index < -0.39 is 0 Å². The van der Waals surface area contributed by atoms with Crippen LogP contribution < -0.4 is 16.4 Å². The number of hydrogen-bond acceptors (Lipinski definition) is 4. The van der Waals surface area contributed by atoms with Crippen LogP contribution in [0.5, 0.6) is 0 Å². The molecule has 0 aliphatic carbocycles. The van der Waals surface area contributed by atoms with E-state index >= 15 is 0 Å². The Balaban J connectivity index is 1.71. The number of likely N-dealkylation sites (tertiary alicyclic amines) is 1. The summed E-state index contributed by atoms with van der Waals surface area (Å²) in [5, 5.41) is 5.57. The molecule has 1 unspecified atom stereocenters. The molecule has 0 spiro atoms. The van der Waals surface area contributed by atoms with Gasteiger partial charge in [0.05, 0.1) is 5.92 Å². The van der Waals surface area contributed by atoms with Crippen molar-refractivity contribution >= 4 is 17.8 Å². The summed E-state index contributed by atoms with van der Waals surface area (Å²) in [6.07, 6.45) is 1.81. The predicted octanol–water partition coefficient (Wildman–Crippen LogP) is 0.532. The second-order valence-electron chi connectivity index (χ2n) is 7.08. The van der Waals surface area contributed by atoms with Crippen molar-refractivity contribution in [1.29, 1.82) is 0 Å². The van der Waals surface area contributed by atoms with Crippen LogP contribution >= 0.6 is 0 Å². The van der Waals surface area contributed by atoms with E-state index in [1.165, 1.54) is 0 Å². The second-order valence-corrected chi connectivity index (χ2v) is 7.08. The normalized spacial score (nSPS) is 16.4. The summed E-state index contributed by atoms with van der Waals surface area (Å²) in [6.45, 7) is 2.72. The minimum Gasteiger partial charge on any atom is -0.355 e. The van der Waals surface area contributed by atoms with Gasteiger partial charge in [0.15, 0.2) is 0 Å². The lowest BCUT2D eigenvalue weighted by molar-refractivity contribution is -0.135. The first kappa shape index (κ1) is 21.7. The first-order chi connectivity index (χ1) is 13.5. The van der Waals surface area contributed by atoms with Gasteiger partial charge < -0.3 is 26.2 Å². The minimum absolute atomic E-state index is 0.0395. The largest absolute Gasteiger partial charge is 0.355 e. The van der Waals surface area contributed by atoms with Crippen LogP contribution in [0, 0.1) is 5.92 Å². The molecule has 2 rings (SSSR count). The molecular weight excluding hydrogens is 358 g/mol. The standard InChI is InChI=1S/C20H31N5O3/c1-24(14-16-6-3-2-4-7-16)20(28)23-11-9-18(26)25-13-5-8-17(15-25)19(27)22-12-10-21/h2-4,6-7,17H,5,8-15,21H2,1H3,(H,22,27)(H,23,28). The summed E-state index contributed by atoms with van der Waals surface area (Å²) in [4.78, 5) is 40.0. The van der Waals surface area contributed by atoms with Gasteiger partial charge in [0.25, 0.3) is 0 Å². The van der Waals surface area contributed by atoms with Gasteiger partial charge in [0.2, 0.25) is 11.8 Å². The highest BCUT2D eigenvalue weighted by molar-refractivity contribution is 5.81. The van der Waals surface area contributed by atoms with Crippen LogP contribution in [0.25, 0.3) is 0 Å². The van der Waals surface area contributed by atoms with Crippen molar-refractivity contribution in [2.24, 2.45) is 11.7 Å². The molecule has 1 aliphatic rings. The van der Waals surface area contributed by atoms with Crippen molar-refractivity contribution in [3.8, 4) is 0 Å². The van der Waals surface area contributed by atoms with E-state index in [4.69, 9.17) is 5.73 Å². The van der Waals surface area contributed by atoms with E-state index in [9.17, 15) is 14.4 Å². The van der Waals surface area contributed by atoms with Crippen LogP contribution in [-0.4, -0.2) is 67.4 Å². The van der Waals surface area contributed by atoms with Gasteiger partial charge in [0.1, 0.15) is 0 Å². The average molecular weight is 390 g/mol. The fourth-order valence-electron chi connectivity index (χ4n) is 3.26. The van der Waals surface area contributed by atoms with Gasteiger partial charge in [-0.2, -0.15) is 0 Å². The lowest BCUT2D eigenvalue weighted by Crippen LogP contribution is -2.47. The third kappa shape index (κ3) is 6.84. The van der Waals surface area contributed by atoms with Crippen LogP contribution in [0.1, 0.15) is 24.8 Å². The molecule has 1 heterocycles. The van der Waals surface area contributed by atoms with Crippen molar-refractivity contribution in [2.45, 2.75) is 25.8 Å². The molecular formula is C20H31N5O3. The minimum atomic E-state index is -0.214. The smallest absolute Gasteiger partial charge is 0.317 e. The summed E-state index contributed by atoms with van der Waals surface area (Å²) in [5.41, 5.74) is 6.45. The Morgan fingerprint density at radius 2 is 1.93 bits per heavy atom. The summed E-state index contributed by atoms with van der Waals surface area (Å²) < 4.78 is 0. The fraction of sp³-hybridized carbons (Fsp3) is 0.550. The Hall–Kier alpha value is -2.61. The van der Waals surface area contributed by atoms with Crippen molar-refractivity contribution in [2.75, 3.05) is 39.8 Å². The molecule has 0 aromatic heterocycles. The van der Waals surface area contributed by atoms with Crippen LogP contribution in [0.15, 0.2) is 30.3 Å². The molecule has 1 atom stereocenters. The highest BCUT2D eigenvalue weighted by atomic mass is 16.2. The highest BCUT2D eigenvalue weighted by Crippen LogP contribution is 2.17. The summed E-state index contributed by atoms with van der Waals surface area (Å²) in [7, 11) is 1.72. The molecule has 1 aromatic rings. The zero-order valence-corrected chi connectivity index (χ0v) is 16.5. The van der Waals surface area contributed by atoms with Gasteiger partial charge in [0, 0.05) is 52.7 Å². The van der Waals surface area contributed by atoms with Crippen molar-refractivity contribution in [1.82, 2.24) is 20.4 Å². The number of amides is 4. The zero-order valence-electron chi connectivity index (χ0n) is 16.5. The van der Waals surface area contributed by atoms with E-state index in [1.54, 1.807) is 16.8 Å². The van der Waals surface area contributed by atoms with Gasteiger partial charge in [-0.3, -0.25) is 9.59 Å². The first-order valence-corrected chi connectivity index (χ1v) is 9.79. The van der Waals surface area contributed by atoms with Gasteiger partial charge in [-0.25, -0.2) is 4.79 Å². The van der Waals surface area contributed by atoms with Crippen LogP contribution in [0.2, 0.25) is 0 Å². The molecule has 0 radical (unpaired) electrons. The molecule has 4 N–H and O–H groups in total. The van der Waals surface area contributed by atoms with E-state index in [-0.39, 0.29) is 36.7 Å². The lowest BCUT2D eigenvalue weighted by Gasteiger charge is -2.32. The number of nitrogens with two attached hydrogens (primary N) is 1. The quantitative estimate of drug-likeness (QED) is 0.603. The van der Waals surface area contributed by atoms with Crippen LogP contribution in [-0.2, 0) is 16.1 Å². The number of piperidine rings is 1. The maximum absolute atomic E-state index is 12.4. The molecule has 1 fully saturated rings. The molecule has 0 saturated carbocycles. The van der Waals surface area contributed by atoms with Crippen LogP contribution in [0.3, 0.4) is 0 Å². The highest BCUT2D eigenvalue weighted by Gasteiger charge is 2.28. The number of nitrogens with zero attached hydrogens (tertiary/aromatic N) is 2. The van der Waals surface area contributed by atoms with E-state index in [0.29, 0.717) is 32.7 Å². The number of urea groups is 1. The van der Waals surface area contributed by atoms with E-state index in [2.05, 4.69) is 10.6 Å². The summed E-state index contributed by atoms with van der Waals surface area (Å²) in [5.74, 6) is -0.267. The Morgan fingerprint density at radius 1 is 1.18 bits per heavy atom. The molecule has 0 bridgehead atoms. The zero-order chi connectivity index (χ0) is 20.4. The van der Waals surface area contributed by atoms with Gasteiger partial charge in [-0.05, 0) is 18.4 Å². The molecule has 1 saturated heterocycles. The first-order valence-electron chi connectivity index (χ1n) is 9.79. The Labute approximate surface area is 166 Å². The van der Waals surface area contributed by atoms with E-state index in [0.717, 1.165) is 18.4 Å². The predicted molar refractivity (Wildman–Crippen MR) is 107 cm³/mol. The second kappa shape index (κ2) is 11.3. The Bertz CT molecular complexity index is 653. The number of carbonyl (C=O) groups excluding carboxylic acids is 3. The molecule has 1 aromatic carbocycles. The van der Waals surface area contributed by atoms with Crippen molar-refractivity contribution < 1.29 is 14.4 Å². The summed E-state index contributed by atoms with van der Waals surface area (Å²) in [6, 6.07) is 9.51. The Kier molecular flexibility index (Phi) is 8.74. The monoisotopic (exact) mass is 389 g/mol. The molecule has 28 heavy (non-hydrogen) atoms. The maximum Gasteiger partial charge on any atom is 0.317 e. The number of carbonyl (C=O) groups is 3. The fourth-order valence-corrected chi connectivity index (χ4v) is 3.26. The molecule has 8 nitrogen and oxygen atoms in total. The SMILES string of the molecule is CN(Cc1ccccc1)C(=O)NCCC(=O)N1CCCC(C(=O)NCCN)C1. The number of nitrogens with one attached hydrogen (secondary N) is 2. The van der Waals surface area contributed by atoms with Crippen LogP contribution in [0.4, 0.5) is 4.79 Å². The van der Waals surface area contributed by atoms with Gasteiger partial charge in [-0.1, -0.05) is 30.3 Å². The van der Waals surface area contributed by atoms with E-state index in [1.807, 2.05) is 30.3 Å². The number of rotatable bonds is 8. The summed E-state index contributed by atoms with van der Waals surface area (Å²) >= 11 is 0. The van der Waals surface area contributed by atoms with Gasteiger partial charge >= 0.3 is 6.03 Å². The third-order valence-corrected chi connectivity index (χ3v) is 4.81. The van der Waals surface area contributed by atoms with Crippen molar-refractivity contribution in [3.63, 3.8) is 0 Å². The topological polar surface area (TPSA) is 108 Å². The maximum atomic E-state index is 12.4. The molecule has 8 heteroatoms. The number of hydrogen-bond donors (Lipinski definition) is 3.